The SMILES string of the molecule is Cc1ccc([C@H]2NC(=NCc3ccco3)Nc3nc(C)cc(=O)n32)cc1. The van der Waals surface area contributed by atoms with Crippen molar-refractivity contribution in [3.05, 3.63) is 81.7 Å². The van der Waals surface area contributed by atoms with Crippen LogP contribution in [0, 0.1) is 13.8 Å². The molecule has 0 amide bonds. The van der Waals surface area contributed by atoms with Gasteiger partial charge in [-0.25, -0.2) is 9.98 Å². The molecule has 1 aliphatic rings. The standard InChI is InChI=1S/C19H19N5O2/c1-12-5-7-14(8-6-12)17-22-18(20-11-15-4-3-9-26-15)23-19-21-13(2)10-16(25)24(17)19/h3-10,17H,11H2,1-2H3,(H2,20,21,22,23)/t17-/m0/s1. The molecular formula is C19H19N5O2. The molecule has 1 aliphatic heterocycles. The van der Waals surface area contributed by atoms with Gasteiger partial charge in [0, 0.05) is 11.8 Å². The molecule has 3 heterocycles. The third-order valence-electron chi connectivity index (χ3n) is 4.21. The largest absolute Gasteiger partial charge is 0.467 e. The molecule has 7 nitrogen and oxygen atoms in total. The van der Waals surface area contributed by atoms with Gasteiger partial charge in [0.1, 0.15) is 18.5 Å². The summed E-state index contributed by atoms with van der Waals surface area (Å²) < 4.78 is 6.92. The first-order valence-electron chi connectivity index (χ1n) is 8.37. The van der Waals surface area contributed by atoms with Gasteiger partial charge in [-0.3, -0.25) is 14.7 Å². The Morgan fingerprint density at radius 3 is 2.77 bits per heavy atom. The van der Waals surface area contributed by atoms with Gasteiger partial charge in [0.15, 0.2) is 5.96 Å². The predicted molar refractivity (Wildman–Crippen MR) is 99.2 cm³/mol. The molecule has 4 rings (SSSR count). The van der Waals surface area contributed by atoms with Gasteiger partial charge in [-0.15, -0.1) is 0 Å². The molecule has 132 valence electrons. The lowest BCUT2D eigenvalue weighted by atomic mass is 10.1. The van der Waals surface area contributed by atoms with Crippen molar-refractivity contribution >= 4 is 11.9 Å². The molecule has 0 spiro atoms. The van der Waals surface area contributed by atoms with Gasteiger partial charge in [0.05, 0.1) is 6.26 Å². The number of aliphatic imine (C=N–C) groups is 1. The fourth-order valence-corrected chi connectivity index (χ4v) is 2.91. The van der Waals surface area contributed by atoms with Crippen LogP contribution in [0.1, 0.15) is 28.7 Å². The van der Waals surface area contributed by atoms with Crippen molar-refractivity contribution in [2.24, 2.45) is 4.99 Å². The van der Waals surface area contributed by atoms with E-state index in [1.54, 1.807) is 17.8 Å². The van der Waals surface area contributed by atoms with E-state index in [0.717, 1.165) is 16.9 Å². The number of hydrogen-bond acceptors (Lipinski definition) is 4. The Labute approximate surface area is 150 Å². The van der Waals surface area contributed by atoms with Crippen LogP contribution in [0.2, 0.25) is 0 Å². The van der Waals surface area contributed by atoms with Crippen molar-refractivity contribution in [2.45, 2.75) is 26.6 Å². The van der Waals surface area contributed by atoms with E-state index in [9.17, 15) is 4.79 Å². The molecule has 0 saturated carbocycles. The molecular weight excluding hydrogens is 330 g/mol. The molecule has 0 unspecified atom stereocenters. The summed E-state index contributed by atoms with van der Waals surface area (Å²) in [5, 5.41) is 6.39. The first-order chi connectivity index (χ1) is 12.6. The van der Waals surface area contributed by atoms with Crippen LogP contribution in [0.5, 0.6) is 0 Å². The highest BCUT2D eigenvalue weighted by atomic mass is 16.3. The lowest BCUT2D eigenvalue weighted by Crippen LogP contribution is -2.48. The minimum atomic E-state index is -0.386. The van der Waals surface area contributed by atoms with Crippen molar-refractivity contribution < 1.29 is 4.42 Å². The number of fused-ring (bicyclic) bond motifs is 1. The van der Waals surface area contributed by atoms with Crippen LogP contribution in [-0.4, -0.2) is 15.5 Å². The number of nitrogens with one attached hydrogen (secondary N) is 2. The van der Waals surface area contributed by atoms with Gasteiger partial charge in [0.2, 0.25) is 5.95 Å². The van der Waals surface area contributed by atoms with E-state index < -0.39 is 0 Å². The summed E-state index contributed by atoms with van der Waals surface area (Å²) in [4.78, 5) is 21.6. The fourth-order valence-electron chi connectivity index (χ4n) is 2.91. The van der Waals surface area contributed by atoms with E-state index in [0.29, 0.717) is 24.1 Å². The van der Waals surface area contributed by atoms with E-state index in [1.807, 2.05) is 43.3 Å². The van der Waals surface area contributed by atoms with Gasteiger partial charge in [-0.2, -0.15) is 0 Å². The molecule has 0 saturated heterocycles. The molecule has 1 atom stereocenters. The molecule has 2 N–H and O–H groups in total. The Balaban J connectivity index is 1.75. The fraction of sp³-hybridized carbons (Fsp3) is 0.211. The van der Waals surface area contributed by atoms with E-state index in [-0.39, 0.29) is 11.7 Å². The van der Waals surface area contributed by atoms with E-state index in [2.05, 4.69) is 20.6 Å². The summed E-state index contributed by atoms with van der Waals surface area (Å²) >= 11 is 0. The number of anilines is 1. The van der Waals surface area contributed by atoms with Gasteiger partial charge in [-0.05, 0) is 31.5 Å². The van der Waals surface area contributed by atoms with Gasteiger partial charge >= 0.3 is 0 Å². The minimum Gasteiger partial charge on any atom is -0.467 e. The zero-order valence-corrected chi connectivity index (χ0v) is 14.6. The van der Waals surface area contributed by atoms with Crippen LogP contribution >= 0.6 is 0 Å². The molecule has 1 aromatic carbocycles. The number of hydrogen-bond donors (Lipinski definition) is 2. The van der Waals surface area contributed by atoms with Crippen LogP contribution in [0.25, 0.3) is 0 Å². The summed E-state index contributed by atoms with van der Waals surface area (Å²) in [5.41, 5.74) is 2.65. The van der Waals surface area contributed by atoms with Crippen molar-refractivity contribution in [3.8, 4) is 0 Å². The van der Waals surface area contributed by atoms with E-state index >= 15 is 0 Å². The number of furan rings is 1. The Bertz CT molecular complexity index is 1000. The normalized spacial score (nSPS) is 17.5. The van der Waals surface area contributed by atoms with Crippen LogP contribution < -0.4 is 16.2 Å². The molecule has 0 bridgehead atoms. The first-order valence-corrected chi connectivity index (χ1v) is 8.37. The zero-order chi connectivity index (χ0) is 18.1. The van der Waals surface area contributed by atoms with Crippen LogP contribution in [0.4, 0.5) is 5.95 Å². The zero-order valence-electron chi connectivity index (χ0n) is 14.6. The Hall–Kier alpha value is -3.35. The summed E-state index contributed by atoms with van der Waals surface area (Å²) in [6, 6.07) is 13.3. The third-order valence-corrected chi connectivity index (χ3v) is 4.21. The number of guanidine groups is 1. The van der Waals surface area contributed by atoms with Crippen LogP contribution in [0.3, 0.4) is 0 Å². The highest BCUT2D eigenvalue weighted by molar-refractivity contribution is 5.93. The minimum absolute atomic E-state index is 0.122. The molecule has 0 fully saturated rings. The second-order valence-electron chi connectivity index (χ2n) is 6.26. The second kappa shape index (κ2) is 6.51. The van der Waals surface area contributed by atoms with Gasteiger partial charge in [0.25, 0.3) is 5.56 Å². The number of benzene rings is 1. The van der Waals surface area contributed by atoms with Crippen molar-refractivity contribution in [1.29, 1.82) is 0 Å². The van der Waals surface area contributed by atoms with E-state index in [1.165, 1.54) is 6.07 Å². The summed E-state index contributed by atoms with van der Waals surface area (Å²) in [6.07, 6.45) is 1.23. The predicted octanol–water partition coefficient (Wildman–Crippen LogP) is 2.57. The van der Waals surface area contributed by atoms with Crippen molar-refractivity contribution in [2.75, 3.05) is 5.32 Å². The Kier molecular flexibility index (Phi) is 4.04. The molecule has 3 aromatic rings. The molecule has 26 heavy (non-hydrogen) atoms. The topological polar surface area (TPSA) is 84.5 Å². The Morgan fingerprint density at radius 1 is 1.23 bits per heavy atom. The quantitative estimate of drug-likeness (QED) is 0.759. The lowest BCUT2D eigenvalue weighted by Gasteiger charge is -2.31. The Morgan fingerprint density at radius 2 is 2.04 bits per heavy atom. The number of nitrogens with zero attached hydrogens (tertiary/aromatic N) is 3. The van der Waals surface area contributed by atoms with Crippen molar-refractivity contribution in [3.63, 3.8) is 0 Å². The summed E-state index contributed by atoms with van der Waals surface area (Å²) in [5.74, 6) is 1.77. The van der Waals surface area contributed by atoms with Crippen molar-refractivity contribution in [1.82, 2.24) is 14.9 Å². The second-order valence-corrected chi connectivity index (χ2v) is 6.26. The van der Waals surface area contributed by atoms with Gasteiger partial charge < -0.3 is 9.73 Å². The molecule has 2 aromatic heterocycles. The number of aromatic nitrogens is 2. The highest BCUT2D eigenvalue weighted by Crippen LogP contribution is 2.22. The lowest BCUT2D eigenvalue weighted by molar-refractivity contribution is 0.502. The smallest absolute Gasteiger partial charge is 0.257 e. The maximum Gasteiger partial charge on any atom is 0.257 e. The number of aryl methyl sites for hydroxylation is 2. The van der Waals surface area contributed by atoms with E-state index in [4.69, 9.17) is 4.42 Å². The molecule has 0 aliphatic carbocycles. The average Bonchev–Trinajstić information content (AvgIpc) is 3.13. The molecule has 7 heteroatoms. The molecule has 0 radical (unpaired) electrons. The first kappa shape index (κ1) is 16.1. The summed E-state index contributed by atoms with van der Waals surface area (Å²) in [6.45, 7) is 4.21. The van der Waals surface area contributed by atoms with Crippen LogP contribution in [-0.2, 0) is 6.54 Å². The van der Waals surface area contributed by atoms with Crippen LogP contribution in [0.15, 0.2) is 62.9 Å². The van der Waals surface area contributed by atoms with Gasteiger partial charge in [-0.1, -0.05) is 29.8 Å². The maximum absolute atomic E-state index is 12.6. The maximum atomic E-state index is 12.6. The third kappa shape index (κ3) is 3.11. The highest BCUT2D eigenvalue weighted by Gasteiger charge is 2.26. The average molecular weight is 349 g/mol. The summed E-state index contributed by atoms with van der Waals surface area (Å²) in [7, 11) is 0. The monoisotopic (exact) mass is 349 g/mol. The number of rotatable bonds is 3.